The fraction of sp³-hybridized carbons (Fsp3) is 0.176. The van der Waals surface area contributed by atoms with E-state index in [1.54, 1.807) is 23.3 Å². The molecule has 0 fully saturated rings. The molecule has 1 N–H and O–H groups in total. The number of benzene rings is 1. The summed E-state index contributed by atoms with van der Waals surface area (Å²) in [5.41, 5.74) is 2.65. The predicted octanol–water partition coefficient (Wildman–Crippen LogP) is 2.67. The fourth-order valence-electron chi connectivity index (χ4n) is 2.22. The van der Waals surface area contributed by atoms with Crippen molar-refractivity contribution in [1.82, 2.24) is 25.3 Å². The summed E-state index contributed by atoms with van der Waals surface area (Å²) < 4.78 is 2.66. The lowest BCUT2D eigenvalue weighted by Crippen LogP contribution is -2.23. The summed E-state index contributed by atoms with van der Waals surface area (Å²) in [5.74, 6) is -0.0123. The van der Waals surface area contributed by atoms with E-state index < -0.39 is 0 Å². The number of carbonyl (C=O) groups is 1. The van der Waals surface area contributed by atoms with Crippen LogP contribution in [0.1, 0.15) is 17.7 Å². The fourth-order valence-corrected chi connectivity index (χ4v) is 2.70. The average Bonchev–Trinajstić information content (AvgIpc) is 3.09. The third-order valence-corrected chi connectivity index (χ3v) is 4.27. The van der Waals surface area contributed by atoms with Gasteiger partial charge >= 0.3 is 0 Å². The minimum atomic E-state index is -0.0123. The summed E-state index contributed by atoms with van der Waals surface area (Å²) in [6.45, 7) is 0.356. The van der Waals surface area contributed by atoms with E-state index in [4.69, 9.17) is 0 Å². The van der Waals surface area contributed by atoms with Crippen LogP contribution in [0.25, 0.3) is 5.69 Å². The van der Waals surface area contributed by atoms with Crippen molar-refractivity contribution in [2.45, 2.75) is 19.4 Å². The van der Waals surface area contributed by atoms with Crippen molar-refractivity contribution in [2.75, 3.05) is 0 Å². The number of rotatable bonds is 6. The van der Waals surface area contributed by atoms with Gasteiger partial charge in [0.05, 0.1) is 24.6 Å². The van der Waals surface area contributed by atoms with Crippen LogP contribution >= 0.6 is 15.9 Å². The highest BCUT2D eigenvalue weighted by Crippen LogP contribution is 2.17. The lowest BCUT2D eigenvalue weighted by molar-refractivity contribution is -0.121. The van der Waals surface area contributed by atoms with E-state index in [1.807, 2.05) is 36.4 Å². The summed E-state index contributed by atoms with van der Waals surface area (Å²) in [6, 6.07) is 11.6. The second-order valence-corrected chi connectivity index (χ2v) is 6.09. The van der Waals surface area contributed by atoms with E-state index in [2.05, 4.69) is 36.5 Å². The number of nitrogens with zero attached hydrogens (tertiary/aromatic N) is 4. The molecule has 2 aromatic heterocycles. The molecule has 3 aromatic rings. The van der Waals surface area contributed by atoms with Crippen LogP contribution in [0.4, 0.5) is 0 Å². The van der Waals surface area contributed by atoms with E-state index in [-0.39, 0.29) is 5.91 Å². The minimum Gasteiger partial charge on any atom is -0.350 e. The van der Waals surface area contributed by atoms with E-state index in [0.717, 1.165) is 15.7 Å². The highest BCUT2D eigenvalue weighted by atomic mass is 79.9. The van der Waals surface area contributed by atoms with Gasteiger partial charge in [0.1, 0.15) is 5.69 Å². The SMILES string of the molecule is O=C(CCc1ccccc1Br)NCc1cn(-c2cccnc2)nn1. The van der Waals surface area contributed by atoms with E-state index >= 15 is 0 Å². The molecular weight excluding hydrogens is 370 g/mol. The molecule has 6 nitrogen and oxygen atoms in total. The maximum atomic E-state index is 12.0. The number of amides is 1. The van der Waals surface area contributed by atoms with Crippen LogP contribution in [0, 0.1) is 0 Å². The van der Waals surface area contributed by atoms with Gasteiger partial charge in [-0.05, 0) is 30.2 Å². The van der Waals surface area contributed by atoms with Gasteiger partial charge in [-0.2, -0.15) is 0 Å². The minimum absolute atomic E-state index is 0.0123. The number of hydrogen-bond acceptors (Lipinski definition) is 4. The Morgan fingerprint density at radius 2 is 2.08 bits per heavy atom. The van der Waals surface area contributed by atoms with E-state index in [1.165, 1.54) is 0 Å². The highest BCUT2D eigenvalue weighted by molar-refractivity contribution is 9.10. The van der Waals surface area contributed by atoms with Crippen LogP contribution in [-0.2, 0) is 17.8 Å². The summed E-state index contributed by atoms with van der Waals surface area (Å²) >= 11 is 3.49. The van der Waals surface area contributed by atoms with Gasteiger partial charge in [0, 0.05) is 17.1 Å². The van der Waals surface area contributed by atoms with Crippen molar-refractivity contribution in [2.24, 2.45) is 0 Å². The summed E-state index contributed by atoms with van der Waals surface area (Å²) in [4.78, 5) is 16.0. The number of carbonyl (C=O) groups excluding carboxylic acids is 1. The zero-order valence-electron chi connectivity index (χ0n) is 12.9. The summed E-state index contributed by atoms with van der Waals surface area (Å²) in [7, 11) is 0. The Balaban J connectivity index is 1.50. The van der Waals surface area contributed by atoms with Crippen molar-refractivity contribution in [3.8, 4) is 5.69 Å². The molecular formula is C17H16BrN5O. The number of halogens is 1. The molecule has 0 spiro atoms. The first kappa shape index (κ1) is 16.3. The zero-order chi connectivity index (χ0) is 16.8. The van der Waals surface area contributed by atoms with Crippen LogP contribution in [0.15, 0.2) is 59.5 Å². The average molecular weight is 386 g/mol. The van der Waals surface area contributed by atoms with Gasteiger partial charge in [-0.3, -0.25) is 9.78 Å². The van der Waals surface area contributed by atoms with Gasteiger partial charge in [-0.25, -0.2) is 4.68 Å². The smallest absolute Gasteiger partial charge is 0.220 e. The summed E-state index contributed by atoms with van der Waals surface area (Å²) in [5, 5.41) is 11.0. The van der Waals surface area contributed by atoms with Crippen LogP contribution in [0.2, 0.25) is 0 Å². The normalized spacial score (nSPS) is 10.5. The van der Waals surface area contributed by atoms with Crippen LogP contribution in [-0.4, -0.2) is 25.9 Å². The Kier molecular flexibility index (Phi) is 5.32. The highest BCUT2D eigenvalue weighted by Gasteiger charge is 2.07. The first-order valence-corrected chi connectivity index (χ1v) is 8.33. The molecule has 0 aliphatic heterocycles. The third kappa shape index (κ3) is 4.26. The second-order valence-electron chi connectivity index (χ2n) is 5.23. The Bertz CT molecular complexity index is 819. The van der Waals surface area contributed by atoms with Crippen LogP contribution < -0.4 is 5.32 Å². The van der Waals surface area contributed by atoms with E-state index in [9.17, 15) is 4.79 Å². The molecule has 1 amide bonds. The zero-order valence-corrected chi connectivity index (χ0v) is 14.5. The molecule has 0 unspecified atom stereocenters. The first-order chi connectivity index (χ1) is 11.7. The predicted molar refractivity (Wildman–Crippen MR) is 93.5 cm³/mol. The largest absolute Gasteiger partial charge is 0.350 e. The van der Waals surface area contributed by atoms with Crippen molar-refractivity contribution in [1.29, 1.82) is 0 Å². The molecule has 7 heteroatoms. The van der Waals surface area contributed by atoms with Crippen LogP contribution in [0.5, 0.6) is 0 Å². The molecule has 0 aliphatic rings. The molecule has 0 bridgehead atoms. The Hall–Kier alpha value is -2.54. The standard InChI is InChI=1S/C17H16BrN5O/c18-16-6-2-1-4-13(16)7-8-17(24)20-10-14-12-23(22-21-14)15-5-3-9-19-11-15/h1-6,9,11-12H,7-8,10H2,(H,20,24). The lowest BCUT2D eigenvalue weighted by atomic mass is 10.1. The molecule has 1 aromatic carbocycles. The number of aryl methyl sites for hydroxylation is 1. The third-order valence-electron chi connectivity index (χ3n) is 3.50. The topological polar surface area (TPSA) is 72.7 Å². The molecule has 3 rings (SSSR count). The molecule has 0 radical (unpaired) electrons. The molecule has 0 saturated heterocycles. The van der Waals surface area contributed by atoms with Crippen molar-refractivity contribution >= 4 is 21.8 Å². The number of aromatic nitrogens is 4. The molecule has 0 aliphatic carbocycles. The van der Waals surface area contributed by atoms with Gasteiger partial charge in [-0.1, -0.05) is 39.3 Å². The van der Waals surface area contributed by atoms with Gasteiger partial charge in [0.15, 0.2) is 0 Å². The van der Waals surface area contributed by atoms with Crippen LogP contribution in [0.3, 0.4) is 0 Å². The van der Waals surface area contributed by atoms with Gasteiger partial charge in [0.25, 0.3) is 0 Å². The Morgan fingerprint density at radius 1 is 1.21 bits per heavy atom. The maximum absolute atomic E-state index is 12.0. The Morgan fingerprint density at radius 3 is 2.88 bits per heavy atom. The quantitative estimate of drug-likeness (QED) is 0.707. The molecule has 24 heavy (non-hydrogen) atoms. The van der Waals surface area contributed by atoms with Crippen molar-refractivity contribution < 1.29 is 4.79 Å². The lowest BCUT2D eigenvalue weighted by Gasteiger charge is -2.05. The maximum Gasteiger partial charge on any atom is 0.220 e. The van der Waals surface area contributed by atoms with Crippen molar-refractivity contribution in [3.05, 3.63) is 70.7 Å². The van der Waals surface area contributed by atoms with E-state index in [0.29, 0.717) is 25.1 Å². The number of pyridine rings is 1. The molecule has 2 heterocycles. The first-order valence-electron chi connectivity index (χ1n) is 7.54. The van der Waals surface area contributed by atoms with Crippen molar-refractivity contribution in [3.63, 3.8) is 0 Å². The van der Waals surface area contributed by atoms with Gasteiger partial charge in [-0.15, -0.1) is 5.10 Å². The van der Waals surface area contributed by atoms with Gasteiger partial charge in [0.2, 0.25) is 5.91 Å². The molecule has 122 valence electrons. The van der Waals surface area contributed by atoms with Gasteiger partial charge < -0.3 is 5.32 Å². The molecule has 0 atom stereocenters. The second kappa shape index (κ2) is 7.83. The summed E-state index contributed by atoms with van der Waals surface area (Å²) in [6.07, 6.45) is 6.31. The molecule has 0 saturated carbocycles. The monoisotopic (exact) mass is 385 g/mol. The Labute approximate surface area is 148 Å². The number of nitrogens with one attached hydrogen (secondary N) is 1. The number of hydrogen-bond donors (Lipinski definition) is 1.